The van der Waals surface area contributed by atoms with E-state index in [1.165, 1.54) is 64.2 Å². The van der Waals surface area contributed by atoms with Crippen LogP contribution in [0.15, 0.2) is 12.2 Å². The predicted octanol–water partition coefficient (Wildman–Crippen LogP) is 4.99. The summed E-state index contributed by atoms with van der Waals surface area (Å²) in [5.41, 5.74) is -0.511. The van der Waals surface area contributed by atoms with Gasteiger partial charge in [0.15, 0.2) is 0 Å². The summed E-state index contributed by atoms with van der Waals surface area (Å²) in [6, 6.07) is 0. The lowest BCUT2D eigenvalue weighted by Gasteiger charge is -2.24. The molecule has 0 aromatic rings. The second kappa shape index (κ2) is 8.74. The van der Waals surface area contributed by atoms with Crippen molar-refractivity contribution in [2.24, 2.45) is 0 Å². The summed E-state index contributed by atoms with van der Waals surface area (Å²) in [7, 11) is 0. The second-order valence-corrected chi connectivity index (χ2v) is 5.64. The molecule has 1 nitrogen and oxygen atoms in total. The van der Waals surface area contributed by atoms with Crippen molar-refractivity contribution < 1.29 is 5.11 Å². The summed E-state index contributed by atoms with van der Waals surface area (Å²) in [4.78, 5) is 0. The summed E-state index contributed by atoms with van der Waals surface area (Å²) >= 11 is 0. The lowest BCUT2D eigenvalue weighted by molar-refractivity contribution is 0.0663. The molecule has 1 N–H and O–H groups in total. The Morgan fingerprint density at radius 1 is 0.706 bits per heavy atom. The molecule has 0 aromatic heterocycles. The van der Waals surface area contributed by atoms with Crippen LogP contribution in [0.1, 0.15) is 84.0 Å². The van der Waals surface area contributed by atoms with Crippen molar-refractivity contribution in [1.29, 1.82) is 0 Å². The molecule has 1 aliphatic carbocycles. The largest absolute Gasteiger partial charge is 0.386 e. The fourth-order valence-corrected chi connectivity index (χ4v) is 2.88. The van der Waals surface area contributed by atoms with E-state index in [0.29, 0.717) is 0 Å². The molecule has 1 heteroatoms. The molecule has 0 bridgehead atoms. The molecule has 1 rings (SSSR count). The maximum Gasteiger partial charge on any atom is 0.0827 e. The smallest absolute Gasteiger partial charge is 0.0827 e. The predicted molar refractivity (Wildman–Crippen MR) is 75.2 cm³/mol. The maximum absolute atomic E-state index is 10.5. The normalized spacial score (nSPS) is 24.8. The van der Waals surface area contributed by atoms with Crippen LogP contribution in [-0.2, 0) is 0 Å². The average Bonchev–Trinajstić information content (AvgIpc) is 2.32. The van der Waals surface area contributed by atoms with Crippen LogP contribution in [-0.4, -0.2) is 10.7 Å². The highest BCUT2D eigenvalue weighted by atomic mass is 16.3. The fourth-order valence-electron chi connectivity index (χ4n) is 2.88. The van der Waals surface area contributed by atoms with Gasteiger partial charge < -0.3 is 5.11 Å². The van der Waals surface area contributed by atoms with Crippen molar-refractivity contribution in [2.45, 2.75) is 89.6 Å². The van der Waals surface area contributed by atoms with Crippen LogP contribution in [0.4, 0.5) is 0 Å². The molecular formula is C16H30O. The highest BCUT2D eigenvalue weighted by Crippen LogP contribution is 2.25. The lowest BCUT2D eigenvalue weighted by Crippen LogP contribution is -2.25. The minimum absolute atomic E-state index is 0.511. The van der Waals surface area contributed by atoms with Gasteiger partial charge in [-0.2, -0.15) is 0 Å². The molecule has 1 fully saturated rings. The first kappa shape index (κ1) is 14.8. The summed E-state index contributed by atoms with van der Waals surface area (Å²) in [6.45, 7) is 2.01. The number of hydrogen-bond acceptors (Lipinski definition) is 1. The van der Waals surface area contributed by atoms with Crippen molar-refractivity contribution in [3.63, 3.8) is 0 Å². The van der Waals surface area contributed by atoms with E-state index in [0.717, 1.165) is 12.8 Å². The first-order valence-electron chi connectivity index (χ1n) is 7.63. The van der Waals surface area contributed by atoms with Gasteiger partial charge in [-0.25, -0.2) is 0 Å². The van der Waals surface area contributed by atoms with Crippen LogP contribution >= 0.6 is 0 Å². The maximum atomic E-state index is 10.5. The van der Waals surface area contributed by atoms with Crippen LogP contribution in [0.3, 0.4) is 0 Å². The minimum atomic E-state index is -0.511. The summed E-state index contributed by atoms with van der Waals surface area (Å²) in [5.74, 6) is 0. The topological polar surface area (TPSA) is 20.2 Å². The lowest BCUT2D eigenvalue weighted by atomic mass is 9.89. The van der Waals surface area contributed by atoms with Crippen molar-refractivity contribution in [2.75, 3.05) is 0 Å². The van der Waals surface area contributed by atoms with E-state index in [4.69, 9.17) is 0 Å². The summed E-state index contributed by atoms with van der Waals surface area (Å²) < 4.78 is 0. The van der Waals surface area contributed by atoms with E-state index in [-0.39, 0.29) is 0 Å². The van der Waals surface area contributed by atoms with Crippen molar-refractivity contribution in [1.82, 2.24) is 0 Å². The Hall–Kier alpha value is -0.300. The Balaban J connectivity index is 2.41. The molecule has 1 aliphatic rings. The summed E-state index contributed by atoms with van der Waals surface area (Å²) in [6.07, 6.45) is 19.2. The molecule has 1 saturated carbocycles. The van der Waals surface area contributed by atoms with Crippen LogP contribution in [0.2, 0.25) is 0 Å². The van der Waals surface area contributed by atoms with Crippen molar-refractivity contribution in [3.8, 4) is 0 Å². The standard InChI is InChI=1S/C16H30O/c1-2-13-16(17)14-11-9-7-5-3-4-6-8-10-12-15-16/h2,13,17H,3-12,14-15H2,1H3/b13-2+. The molecule has 0 unspecified atom stereocenters. The molecule has 100 valence electrons. The first-order valence-corrected chi connectivity index (χ1v) is 7.63. The van der Waals surface area contributed by atoms with Gasteiger partial charge in [0, 0.05) is 0 Å². The van der Waals surface area contributed by atoms with Crippen LogP contribution in [0.25, 0.3) is 0 Å². The Morgan fingerprint density at radius 3 is 1.41 bits per heavy atom. The van der Waals surface area contributed by atoms with Gasteiger partial charge in [-0.3, -0.25) is 0 Å². The fraction of sp³-hybridized carbons (Fsp3) is 0.875. The zero-order valence-corrected chi connectivity index (χ0v) is 11.6. The van der Waals surface area contributed by atoms with E-state index >= 15 is 0 Å². The quantitative estimate of drug-likeness (QED) is 0.638. The Kier molecular flexibility index (Phi) is 7.59. The third-order valence-electron chi connectivity index (χ3n) is 3.95. The monoisotopic (exact) mass is 238 g/mol. The van der Waals surface area contributed by atoms with E-state index in [2.05, 4.69) is 0 Å². The molecule has 0 saturated heterocycles. The third-order valence-corrected chi connectivity index (χ3v) is 3.95. The van der Waals surface area contributed by atoms with E-state index < -0.39 is 5.60 Å². The first-order chi connectivity index (χ1) is 8.27. The van der Waals surface area contributed by atoms with Gasteiger partial charge in [0.2, 0.25) is 0 Å². The number of aliphatic hydroxyl groups is 1. The van der Waals surface area contributed by atoms with E-state index in [1.54, 1.807) is 0 Å². The highest BCUT2D eigenvalue weighted by Gasteiger charge is 2.21. The zero-order chi connectivity index (χ0) is 12.4. The van der Waals surface area contributed by atoms with Crippen molar-refractivity contribution >= 4 is 0 Å². The van der Waals surface area contributed by atoms with Gasteiger partial charge in [-0.05, 0) is 19.8 Å². The molecule has 0 radical (unpaired) electrons. The molecule has 17 heavy (non-hydrogen) atoms. The van der Waals surface area contributed by atoms with E-state index in [9.17, 15) is 5.11 Å². The van der Waals surface area contributed by atoms with Crippen molar-refractivity contribution in [3.05, 3.63) is 12.2 Å². The van der Waals surface area contributed by atoms with Gasteiger partial charge in [-0.1, -0.05) is 76.4 Å². The minimum Gasteiger partial charge on any atom is -0.386 e. The molecular weight excluding hydrogens is 208 g/mol. The van der Waals surface area contributed by atoms with Gasteiger partial charge in [0.1, 0.15) is 0 Å². The van der Waals surface area contributed by atoms with E-state index in [1.807, 2.05) is 19.1 Å². The Morgan fingerprint density at radius 2 is 1.06 bits per heavy atom. The van der Waals surface area contributed by atoms with Gasteiger partial charge in [0.25, 0.3) is 0 Å². The van der Waals surface area contributed by atoms with Gasteiger partial charge >= 0.3 is 0 Å². The van der Waals surface area contributed by atoms with Gasteiger partial charge in [-0.15, -0.1) is 0 Å². The summed E-state index contributed by atoms with van der Waals surface area (Å²) in [5, 5.41) is 10.5. The third kappa shape index (κ3) is 6.88. The molecule has 0 atom stereocenters. The number of rotatable bonds is 1. The van der Waals surface area contributed by atoms with Crippen LogP contribution in [0, 0.1) is 0 Å². The molecule has 0 aromatic carbocycles. The second-order valence-electron chi connectivity index (χ2n) is 5.64. The molecule has 0 aliphatic heterocycles. The molecule has 0 spiro atoms. The van der Waals surface area contributed by atoms with Crippen LogP contribution in [0.5, 0.6) is 0 Å². The van der Waals surface area contributed by atoms with Crippen LogP contribution < -0.4 is 0 Å². The molecule has 0 heterocycles. The zero-order valence-electron chi connectivity index (χ0n) is 11.6. The molecule has 0 amide bonds. The SMILES string of the molecule is C/C=C/C1(O)CCCCCCCCCCCC1. The highest BCUT2D eigenvalue weighted by molar-refractivity contribution is 4.99. The number of hydrogen-bond donors (Lipinski definition) is 1. The Labute approximate surface area is 107 Å². The average molecular weight is 238 g/mol. The Bertz CT molecular complexity index is 194. The number of allylic oxidation sites excluding steroid dienone is 1. The van der Waals surface area contributed by atoms with Gasteiger partial charge in [0.05, 0.1) is 5.60 Å².